The van der Waals surface area contributed by atoms with Crippen molar-refractivity contribution in [2.24, 2.45) is 35.0 Å². The highest BCUT2D eigenvalue weighted by molar-refractivity contribution is 5.03. The molecule has 0 amide bonds. The summed E-state index contributed by atoms with van der Waals surface area (Å²) < 4.78 is 0. The minimum Gasteiger partial charge on any atom is -0.198 e. The Morgan fingerprint density at radius 2 is 1.30 bits per heavy atom. The minimum absolute atomic E-state index is 0.0312. The van der Waals surface area contributed by atoms with Gasteiger partial charge in [-0.1, -0.05) is 84.5 Å². The highest BCUT2D eigenvalue weighted by Gasteiger charge is 2.40. The van der Waals surface area contributed by atoms with E-state index in [-0.39, 0.29) is 5.41 Å². The fraction of sp³-hybridized carbons (Fsp3) is 0.966. The van der Waals surface area contributed by atoms with E-state index in [9.17, 15) is 5.26 Å². The van der Waals surface area contributed by atoms with Gasteiger partial charge in [-0.15, -0.1) is 0 Å². The summed E-state index contributed by atoms with van der Waals surface area (Å²) in [6.45, 7) is 4.57. The van der Waals surface area contributed by atoms with Gasteiger partial charge in [0.05, 0.1) is 11.5 Å². The van der Waals surface area contributed by atoms with Crippen molar-refractivity contribution in [1.29, 1.82) is 5.26 Å². The maximum Gasteiger partial charge on any atom is 0.0689 e. The Labute approximate surface area is 188 Å². The summed E-state index contributed by atoms with van der Waals surface area (Å²) in [5, 5.41) is 9.86. The molecule has 3 aliphatic carbocycles. The van der Waals surface area contributed by atoms with Crippen molar-refractivity contribution in [1.82, 2.24) is 0 Å². The zero-order chi connectivity index (χ0) is 21.2. The van der Waals surface area contributed by atoms with Gasteiger partial charge >= 0.3 is 0 Å². The molecule has 3 aliphatic rings. The maximum atomic E-state index is 9.86. The molecule has 0 bridgehead atoms. The third-order valence-electron chi connectivity index (χ3n) is 9.61. The lowest BCUT2D eigenvalue weighted by molar-refractivity contribution is 0.0820. The van der Waals surface area contributed by atoms with Crippen molar-refractivity contribution in [3.05, 3.63) is 0 Å². The largest absolute Gasteiger partial charge is 0.198 e. The molecule has 0 aromatic rings. The SMILES string of the molecule is CCCCCCC[C@H]1CC[C@H]([C@H]2CC[C@H](C3CCCC(C#N)(CCC)C3)CC2)CC1. The first-order valence-corrected chi connectivity index (χ1v) is 14.1. The van der Waals surface area contributed by atoms with E-state index in [1.165, 1.54) is 122 Å². The molecule has 0 aromatic heterocycles. The number of unbranched alkanes of at least 4 members (excludes halogenated alkanes) is 4. The molecule has 0 saturated heterocycles. The standard InChI is InChI=1S/C29H51N/c1-3-5-6-7-8-10-24-12-14-25(15-13-24)26-16-18-27(19-17-26)28-11-9-21-29(22-28,23-30)20-4-2/h24-28H,3-22H2,1-2H3/t24-,25-,26-,27-,28?,29?. The molecule has 0 N–H and O–H groups in total. The topological polar surface area (TPSA) is 23.8 Å². The van der Waals surface area contributed by atoms with Crippen LogP contribution in [0.25, 0.3) is 0 Å². The Balaban J connectivity index is 1.35. The van der Waals surface area contributed by atoms with Crippen molar-refractivity contribution in [2.45, 2.75) is 142 Å². The second kappa shape index (κ2) is 12.5. The van der Waals surface area contributed by atoms with E-state index in [1.54, 1.807) is 0 Å². The van der Waals surface area contributed by atoms with Gasteiger partial charge in [0.15, 0.2) is 0 Å². The molecule has 1 heteroatoms. The highest BCUT2D eigenvalue weighted by atomic mass is 14.5. The molecule has 2 unspecified atom stereocenters. The number of hydrogen-bond acceptors (Lipinski definition) is 1. The second-order valence-corrected chi connectivity index (χ2v) is 11.7. The Bertz CT molecular complexity index is 499. The first-order valence-electron chi connectivity index (χ1n) is 14.1. The molecule has 0 aromatic carbocycles. The van der Waals surface area contributed by atoms with E-state index in [4.69, 9.17) is 0 Å². The lowest BCUT2D eigenvalue weighted by atomic mass is 9.61. The van der Waals surface area contributed by atoms with Crippen LogP contribution < -0.4 is 0 Å². The second-order valence-electron chi connectivity index (χ2n) is 11.7. The molecule has 3 rings (SSSR count). The van der Waals surface area contributed by atoms with Crippen molar-refractivity contribution in [3.8, 4) is 6.07 Å². The van der Waals surface area contributed by atoms with Gasteiger partial charge in [-0.25, -0.2) is 0 Å². The predicted octanol–water partition coefficient (Wildman–Crippen LogP) is 9.46. The smallest absolute Gasteiger partial charge is 0.0689 e. The van der Waals surface area contributed by atoms with Crippen LogP contribution in [-0.2, 0) is 0 Å². The van der Waals surface area contributed by atoms with Gasteiger partial charge in [-0.3, -0.25) is 0 Å². The highest BCUT2D eigenvalue weighted by Crippen LogP contribution is 2.50. The van der Waals surface area contributed by atoms with Gasteiger partial charge < -0.3 is 0 Å². The van der Waals surface area contributed by atoms with Crippen LogP contribution >= 0.6 is 0 Å². The molecule has 3 fully saturated rings. The molecule has 0 radical (unpaired) electrons. The molecule has 3 saturated carbocycles. The third kappa shape index (κ3) is 6.74. The van der Waals surface area contributed by atoms with E-state index < -0.39 is 0 Å². The van der Waals surface area contributed by atoms with E-state index in [2.05, 4.69) is 19.9 Å². The van der Waals surface area contributed by atoms with Crippen LogP contribution in [0.4, 0.5) is 0 Å². The molecule has 0 aliphatic heterocycles. The van der Waals surface area contributed by atoms with Crippen LogP contribution in [0.2, 0.25) is 0 Å². The fourth-order valence-electron chi connectivity index (χ4n) is 7.75. The van der Waals surface area contributed by atoms with Crippen molar-refractivity contribution in [3.63, 3.8) is 0 Å². The van der Waals surface area contributed by atoms with Gasteiger partial charge in [-0.05, 0) is 87.4 Å². The molecular weight excluding hydrogens is 362 g/mol. The average molecular weight is 414 g/mol. The maximum absolute atomic E-state index is 9.86. The summed E-state index contributed by atoms with van der Waals surface area (Å²) in [5.41, 5.74) is 0.0312. The zero-order valence-corrected chi connectivity index (χ0v) is 20.5. The van der Waals surface area contributed by atoms with Crippen molar-refractivity contribution >= 4 is 0 Å². The first kappa shape index (κ1) is 24.1. The van der Waals surface area contributed by atoms with Crippen LogP contribution in [0.15, 0.2) is 0 Å². The molecular formula is C29H51N. The van der Waals surface area contributed by atoms with Crippen LogP contribution in [-0.4, -0.2) is 0 Å². The van der Waals surface area contributed by atoms with Crippen LogP contribution in [0, 0.1) is 46.3 Å². The average Bonchev–Trinajstić information content (AvgIpc) is 2.80. The lowest BCUT2D eigenvalue weighted by Gasteiger charge is -2.43. The lowest BCUT2D eigenvalue weighted by Crippen LogP contribution is -2.34. The molecule has 0 spiro atoms. The van der Waals surface area contributed by atoms with Crippen LogP contribution in [0.5, 0.6) is 0 Å². The fourth-order valence-corrected chi connectivity index (χ4v) is 7.75. The Kier molecular flexibility index (Phi) is 10.1. The number of nitrogens with zero attached hydrogens (tertiary/aromatic N) is 1. The predicted molar refractivity (Wildman–Crippen MR) is 129 cm³/mol. The zero-order valence-electron chi connectivity index (χ0n) is 20.5. The molecule has 0 heterocycles. The van der Waals surface area contributed by atoms with Gasteiger partial charge in [0.25, 0.3) is 0 Å². The van der Waals surface area contributed by atoms with E-state index >= 15 is 0 Å². The van der Waals surface area contributed by atoms with Crippen LogP contribution in [0.3, 0.4) is 0 Å². The summed E-state index contributed by atoms with van der Waals surface area (Å²) in [6, 6.07) is 2.78. The minimum atomic E-state index is 0.0312. The summed E-state index contributed by atoms with van der Waals surface area (Å²) in [7, 11) is 0. The number of hydrogen-bond donors (Lipinski definition) is 0. The van der Waals surface area contributed by atoms with Gasteiger partial charge in [0.2, 0.25) is 0 Å². The summed E-state index contributed by atoms with van der Waals surface area (Å²) in [4.78, 5) is 0. The Hall–Kier alpha value is -0.510. The summed E-state index contributed by atoms with van der Waals surface area (Å²) >= 11 is 0. The molecule has 1 nitrogen and oxygen atoms in total. The monoisotopic (exact) mass is 413 g/mol. The van der Waals surface area contributed by atoms with E-state index in [0.717, 1.165) is 36.0 Å². The third-order valence-corrected chi connectivity index (χ3v) is 9.61. The Morgan fingerprint density at radius 1 is 0.700 bits per heavy atom. The number of rotatable bonds is 10. The van der Waals surface area contributed by atoms with Crippen molar-refractivity contribution in [2.75, 3.05) is 0 Å². The van der Waals surface area contributed by atoms with Gasteiger partial charge in [0, 0.05) is 0 Å². The van der Waals surface area contributed by atoms with Gasteiger partial charge in [-0.2, -0.15) is 5.26 Å². The normalized spacial score (nSPS) is 37.6. The summed E-state index contributed by atoms with van der Waals surface area (Å²) in [5.74, 6) is 4.93. The van der Waals surface area contributed by atoms with Crippen LogP contribution in [0.1, 0.15) is 142 Å². The van der Waals surface area contributed by atoms with Crippen molar-refractivity contribution < 1.29 is 0 Å². The quantitative estimate of drug-likeness (QED) is 0.327. The van der Waals surface area contributed by atoms with Gasteiger partial charge in [0.1, 0.15) is 0 Å². The number of nitriles is 1. The van der Waals surface area contributed by atoms with E-state index in [0.29, 0.717) is 0 Å². The summed E-state index contributed by atoms with van der Waals surface area (Å²) in [6.07, 6.45) is 28.2. The molecule has 2 atom stereocenters. The first-order chi connectivity index (χ1) is 14.7. The molecule has 30 heavy (non-hydrogen) atoms. The van der Waals surface area contributed by atoms with E-state index in [1.807, 2.05) is 0 Å². The molecule has 172 valence electrons. The Morgan fingerprint density at radius 3 is 1.90 bits per heavy atom.